The predicted octanol–water partition coefficient (Wildman–Crippen LogP) is 2.85. The van der Waals surface area contributed by atoms with E-state index in [1.165, 1.54) is 0 Å². The Labute approximate surface area is 111 Å². The number of anilines is 1. The summed E-state index contributed by atoms with van der Waals surface area (Å²) >= 11 is 5.87. The minimum atomic E-state index is 0.658. The molecule has 0 unspecified atom stereocenters. The van der Waals surface area contributed by atoms with E-state index < -0.39 is 0 Å². The molecule has 0 saturated heterocycles. The van der Waals surface area contributed by atoms with Gasteiger partial charge in [0, 0.05) is 29.9 Å². The third-order valence-corrected chi connectivity index (χ3v) is 2.89. The number of hydrogen-bond donors (Lipinski definition) is 1. The second kappa shape index (κ2) is 5.42. The molecule has 5 heteroatoms. The van der Waals surface area contributed by atoms with Crippen molar-refractivity contribution in [1.82, 2.24) is 10.1 Å². The quantitative estimate of drug-likeness (QED) is 0.864. The smallest absolute Gasteiger partial charge is 0.133 e. The molecule has 0 aliphatic carbocycles. The van der Waals surface area contributed by atoms with Crippen molar-refractivity contribution >= 4 is 17.3 Å². The molecule has 18 heavy (non-hydrogen) atoms. The third-order valence-electron chi connectivity index (χ3n) is 2.66. The summed E-state index contributed by atoms with van der Waals surface area (Å²) in [7, 11) is 2.01. The van der Waals surface area contributed by atoms with Crippen molar-refractivity contribution in [2.45, 2.75) is 20.0 Å². The Bertz CT molecular complexity index is 539. The van der Waals surface area contributed by atoms with Crippen molar-refractivity contribution in [3.8, 4) is 0 Å². The lowest BCUT2D eigenvalue weighted by molar-refractivity contribution is 0.302. The maximum absolute atomic E-state index is 5.92. The lowest BCUT2D eigenvalue weighted by Crippen LogP contribution is -2.18. The van der Waals surface area contributed by atoms with Crippen LogP contribution in [0.2, 0.25) is 5.02 Å². The van der Waals surface area contributed by atoms with E-state index in [4.69, 9.17) is 21.9 Å². The van der Waals surface area contributed by atoms with Crippen LogP contribution in [0.1, 0.15) is 17.0 Å². The Kier molecular flexibility index (Phi) is 3.89. The molecule has 2 aromatic rings. The summed E-state index contributed by atoms with van der Waals surface area (Å²) in [6.45, 7) is 3.35. The number of nitrogen functional groups attached to an aromatic ring is 1. The molecule has 2 rings (SSSR count). The largest absolute Gasteiger partial charge is 0.398 e. The number of aryl methyl sites for hydroxylation is 1. The molecular formula is C13H16ClN3O. The van der Waals surface area contributed by atoms with Crippen LogP contribution in [0.3, 0.4) is 0 Å². The predicted molar refractivity (Wildman–Crippen MR) is 72.3 cm³/mol. The van der Waals surface area contributed by atoms with Crippen molar-refractivity contribution < 1.29 is 4.52 Å². The maximum atomic E-state index is 5.92. The van der Waals surface area contributed by atoms with E-state index >= 15 is 0 Å². The minimum Gasteiger partial charge on any atom is -0.398 e. The first-order valence-electron chi connectivity index (χ1n) is 5.69. The van der Waals surface area contributed by atoms with Gasteiger partial charge in [0.05, 0.1) is 5.69 Å². The van der Waals surface area contributed by atoms with Gasteiger partial charge in [-0.05, 0) is 31.7 Å². The summed E-state index contributed by atoms with van der Waals surface area (Å²) in [6.07, 6.45) is 0. The maximum Gasteiger partial charge on any atom is 0.133 e. The number of aromatic nitrogens is 1. The summed E-state index contributed by atoms with van der Waals surface area (Å²) in [4.78, 5) is 2.12. The summed E-state index contributed by atoms with van der Waals surface area (Å²) in [5, 5.41) is 4.62. The first-order valence-corrected chi connectivity index (χ1v) is 6.07. The number of hydrogen-bond acceptors (Lipinski definition) is 4. The van der Waals surface area contributed by atoms with Crippen LogP contribution in [-0.2, 0) is 13.1 Å². The zero-order valence-electron chi connectivity index (χ0n) is 10.5. The summed E-state index contributed by atoms with van der Waals surface area (Å²) < 4.78 is 5.04. The fourth-order valence-corrected chi connectivity index (χ4v) is 2.01. The van der Waals surface area contributed by atoms with Crippen LogP contribution in [0.4, 0.5) is 5.69 Å². The molecular weight excluding hydrogens is 250 g/mol. The molecule has 0 bridgehead atoms. The fraction of sp³-hybridized carbons (Fsp3) is 0.308. The van der Waals surface area contributed by atoms with Crippen molar-refractivity contribution in [1.29, 1.82) is 0 Å². The van der Waals surface area contributed by atoms with E-state index in [2.05, 4.69) is 10.1 Å². The molecule has 1 aromatic heterocycles. The van der Waals surface area contributed by atoms with Gasteiger partial charge < -0.3 is 10.3 Å². The molecule has 2 N–H and O–H groups in total. The van der Waals surface area contributed by atoms with Crippen LogP contribution in [-0.4, -0.2) is 17.1 Å². The summed E-state index contributed by atoms with van der Waals surface area (Å²) in [5.41, 5.74) is 8.61. The zero-order chi connectivity index (χ0) is 13.1. The molecule has 4 nitrogen and oxygen atoms in total. The number of benzene rings is 1. The van der Waals surface area contributed by atoms with Crippen LogP contribution in [0.25, 0.3) is 0 Å². The van der Waals surface area contributed by atoms with Gasteiger partial charge in [0.2, 0.25) is 0 Å². The van der Waals surface area contributed by atoms with Crippen molar-refractivity contribution in [3.63, 3.8) is 0 Å². The molecule has 0 amide bonds. The van der Waals surface area contributed by atoms with Gasteiger partial charge in [0.25, 0.3) is 0 Å². The Morgan fingerprint density at radius 2 is 2.11 bits per heavy atom. The van der Waals surface area contributed by atoms with E-state index in [0.717, 1.165) is 30.1 Å². The van der Waals surface area contributed by atoms with E-state index in [-0.39, 0.29) is 0 Å². The topological polar surface area (TPSA) is 55.3 Å². The number of nitrogens with zero attached hydrogens (tertiary/aromatic N) is 2. The first kappa shape index (κ1) is 12.9. The third kappa shape index (κ3) is 3.24. The van der Waals surface area contributed by atoms with Crippen LogP contribution >= 0.6 is 11.6 Å². The Balaban J connectivity index is 2.00. The van der Waals surface area contributed by atoms with Crippen LogP contribution < -0.4 is 5.73 Å². The number of nitrogens with two attached hydrogens (primary N) is 1. The number of rotatable bonds is 4. The van der Waals surface area contributed by atoms with E-state index in [9.17, 15) is 0 Å². The van der Waals surface area contributed by atoms with Crippen LogP contribution in [0.15, 0.2) is 28.8 Å². The second-order valence-electron chi connectivity index (χ2n) is 4.44. The SMILES string of the molecule is Cc1cc(CN(C)Cc2ccc(Cl)cc2N)no1. The van der Waals surface area contributed by atoms with Crippen molar-refractivity contribution in [3.05, 3.63) is 46.3 Å². The van der Waals surface area contributed by atoms with E-state index in [0.29, 0.717) is 10.7 Å². The van der Waals surface area contributed by atoms with Gasteiger partial charge in [-0.15, -0.1) is 0 Å². The molecule has 0 atom stereocenters. The van der Waals surface area contributed by atoms with E-state index in [1.807, 2.05) is 32.2 Å². The molecule has 0 saturated carbocycles. The van der Waals surface area contributed by atoms with Gasteiger partial charge in [-0.25, -0.2) is 0 Å². The molecule has 0 aliphatic rings. The molecule has 1 heterocycles. The van der Waals surface area contributed by atoms with E-state index in [1.54, 1.807) is 6.07 Å². The second-order valence-corrected chi connectivity index (χ2v) is 4.88. The summed E-state index contributed by atoms with van der Waals surface area (Å²) in [5.74, 6) is 0.824. The average Bonchev–Trinajstić information content (AvgIpc) is 2.68. The highest BCUT2D eigenvalue weighted by Crippen LogP contribution is 2.19. The van der Waals surface area contributed by atoms with Gasteiger partial charge in [-0.1, -0.05) is 22.8 Å². The van der Waals surface area contributed by atoms with Crippen molar-refractivity contribution in [2.75, 3.05) is 12.8 Å². The van der Waals surface area contributed by atoms with Gasteiger partial charge in [-0.3, -0.25) is 4.90 Å². The fourth-order valence-electron chi connectivity index (χ4n) is 1.83. The first-order chi connectivity index (χ1) is 8.54. The Morgan fingerprint density at radius 1 is 1.33 bits per heavy atom. The Hall–Kier alpha value is -1.52. The molecule has 0 aliphatic heterocycles. The van der Waals surface area contributed by atoms with Gasteiger partial charge in [0.1, 0.15) is 5.76 Å². The summed E-state index contributed by atoms with van der Waals surface area (Å²) in [6, 6.07) is 7.50. The molecule has 96 valence electrons. The lowest BCUT2D eigenvalue weighted by atomic mass is 10.1. The molecule has 1 aromatic carbocycles. The van der Waals surface area contributed by atoms with Crippen LogP contribution in [0, 0.1) is 6.92 Å². The average molecular weight is 266 g/mol. The highest BCUT2D eigenvalue weighted by atomic mass is 35.5. The zero-order valence-corrected chi connectivity index (χ0v) is 11.2. The minimum absolute atomic E-state index is 0.658. The molecule has 0 radical (unpaired) electrons. The van der Waals surface area contributed by atoms with Gasteiger partial charge in [-0.2, -0.15) is 0 Å². The molecule has 0 fully saturated rings. The lowest BCUT2D eigenvalue weighted by Gasteiger charge is -2.16. The Morgan fingerprint density at radius 3 is 2.72 bits per heavy atom. The monoisotopic (exact) mass is 265 g/mol. The van der Waals surface area contributed by atoms with Gasteiger partial charge >= 0.3 is 0 Å². The van der Waals surface area contributed by atoms with Gasteiger partial charge in [0.15, 0.2) is 0 Å². The normalized spacial score (nSPS) is 11.1. The highest BCUT2D eigenvalue weighted by Gasteiger charge is 2.07. The van der Waals surface area contributed by atoms with Crippen molar-refractivity contribution in [2.24, 2.45) is 0 Å². The highest BCUT2D eigenvalue weighted by molar-refractivity contribution is 6.30. The van der Waals surface area contributed by atoms with Crippen LogP contribution in [0.5, 0.6) is 0 Å². The number of halogens is 1. The molecule has 0 spiro atoms. The standard InChI is InChI=1S/C13H16ClN3O/c1-9-5-12(16-18-9)8-17(2)7-10-3-4-11(14)6-13(10)15/h3-6H,7-8,15H2,1-2H3.